The molecule has 4 rings (SSSR count). The van der Waals surface area contributed by atoms with Gasteiger partial charge < -0.3 is 13.9 Å². The number of amides is 1. The van der Waals surface area contributed by atoms with E-state index in [1.165, 1.54) is 11.3 Å². The van der Waals surface area contributed by atoms with Crippen LogP contribution >= 0.6 is 11.3 Å². The van der Waals surface area contributed by atoms with Crippen LogP contribution in [0, 0.1) is 0 Å². The molecule has 0 bridgehead atoms. The number of carbonyl (C=O) groups excluding carboxylic acids is 1. The Hall–Kier alpha value is -2.45. The van der Waals surface area contributed by atoms with Crippen molar-refractivity contribution in [1.29, 1.82) is 0 Å². The predicted octanol–water partition coefficient (Wildman–Crippen LogP) is 3.08. The second kappa shape index (κ2) is 7.66. The summed E-state index contributed by atoms with van der Waals surface area (Å²) in [5.74, 6) is 1.77. The van der Waals surface area contributed by atoms with Crippen LogP contribution < -0.4 is 0 Å². The summed E-state index contributed by atoms with van der Waals surface area (Å²) in [6.07, 6.45) is 5.64. The Morgan fingerprint density at radius 2 is 2.30 bits per heavy atom. The number of carbonyl (C=O) groups is 1. The Kier molecular flexibility index (Phi) is 5.09. The molecule has 7 nitrogen and oxygen atoms in total. The Bertz CT molecular complexity index is 901. The molecule has 8 heteroatoms. The predicted molar refractivity (Wildman–Crippen MR) is 102 cm³/mol. The molecule has 1 aliphatic rings. The summed E-state index contributed by atoms with van der Waals surface area (Å²) >= 11 is 1.59. The summed E-state index contributed by atoms with van der Waals surface area (Å²) < 4.78 is 7.33. The first-order valence-electron chi connectivity index (χ1n) is 9.06. The van der Waals surface area contributed by atoms with E-state index in [1.807, 2.05) is 29.8 Å². The van der Waals surface area contributed by atoms with Crippen LogP contribution in [0.3, 0.4) is 0 Å². The molecule has 0 aromatic carbocycles. The lowest BCUT2D eigenvalue weighted by molar-refractivity contribution is 0.0785. The summed E-state index contributed by atoms with van der Waals surface area (Å²) in [6.45, 7) is 2.31. The Morgan fingerprint density at radius 1 is 1.41 bits per heavy atom. The highest BCUT2D eigenvalue weighted by Gasteiger charge is 2.28. The molecule has 1 amide bonds. The van der Waals surface area contributed by atoms with Gasteiger partial charge in [0, 0.05) is 25.0 Å². The molecule has 0 saturated carbocycles. The van der Waals surface area contributed by atoms with E-state index in [0.717, 1.165) is 36.0 Å². The standard InChI is InChI=1S/C19H23N5O2S/c1-22(12-18-21-20-13-23(18)2)19(25)17-8-7-16(27-17)15-6-3-9-24(15)11-14-5-4-10-26-14/h4-5,7-8,10,13,15H,3,6,9,11-12H2,1-2H3/t15-/m0/s1. The molecule has 3 aromatic rings. The number of thiophene rings is 1. The maximum absolute atomic E-state index is 12.8. The van der Waals surface area contributed by atoms with E-state index in [-0.39, 0.29) is 5.91 Å². The summed E-state index contributed by atoms with van der Waals surface area (Å²) in [7, 11) is 3.68. The van der Waals surface area contributed by atoms with E-state index < -0.39 is 0 Å². The summed E-state index contributed by atoms with van der Waals surface area (Å²) in [6, 6.07) is 8.33. The van der Waals surface area contributed by atoms with Crippen LogP contribution in [0.5, 0.6) is 0 Å². The van der Waals surface area contributed by atoms with Gasteiger partial charge >= 0.3 is 0 Å². The lowest BCUT2D eigenvalue weighted by Gasteiger charge is -2.22. The fraction of sp³-hybridized carbons (Fsp3) is 0.421. The van der Waals surface area contributed by atoms with E-state index in [1.54, 1.807) is 35.9 Å². The summed E-state index contributed by atoms with van der Waals surface area (Å²) in [4.78, 5) is 18.9. The third-order valence-electron chi connectivity index (χ3n) is 5.00. The van der Waals surface area contributed by atoms with E-state index in [2.05, 4.69) is 21.2 Å². The van der Waals surface area contributed by atoms with Crippen molar-refractivity contribution in [2.45, 2.75) is 32.0 Å². The summed E-state index contributed by atoms with van der Waals surface area (Å²) in [5.41, 5.74) is 0. The van der Waals surface area contributed by atoms with E-state index in [4.69, 9.17) is 4.42 Å². The van der Waals surface area contributed by atoms with Crippen molar-refractivity contribution in [3.05, 3.63) is 58.2 Å². The first kappa shape index (κ1) is 17.9. The minimum atomic E-state index is 0.0184. The zero-order valence-corrected chi connectivity index (χ0v) is 16.4. The fourth-order valence-electron chi connectivity index (χ4n) is 3.51. The highest BCUT2D eigenvalue weighted by molar-refractivity contribution is 7.14. The van der Waals surface area contributed by atoms with Crippen LogP contribution in [0.4, 0.5) is 0 Å². The van der Waals surface area contributed by atoms with Crippen molar-refractivity contribution < 1.29 is 9.21 Å². The van der Waals surface area contributed by atoms with Gasteiger partial charge in [0.2, 0.25) is 0 Å². The molecule has 0 radical (unpaired) electrons. The van der Waals surface area contributed by atoms with Crippen LogP contribution in [-0.2, 0) is 20.1 Å². The second-order valence-electron chi connectivity index (χ2n) is 6.93. The molecule has 1 fully saturated rings. The van der Waals surface area contributed by atoms with Gasteiger partial charge in [-0.2, -0.15) is 0 Å². The van der Waals surface area contributed by atoms with Gasteiger partial charge in [0.15, 0.2) is 5.82 Å². The zero-order valence-electron chi connectivity index (χ0n) is 15.5. The molecule has 0 N–H and O–H groups in total. The van der Waals surface area contributed by atoms with Crippen molar-refractivity contribution in [1.82, 2.24) is 24.6 Å². The van der Waals surface area contributed by atoms with Crippen molar-refractivity contribution in [3.63, 3.8) is 0 Å². The quantitative estimate of drug-likeness (QED) is 0.652. The van der Waals surface area contributed by atoms with Gasteiger partial charge in [-0.1, -0.05) is 0 Å². The van der Waals surface area contributed by atoms with Gasteiger partial charge in [-0.3, -0.25) is 9.69 Å². The molecular weight excluding hydrogens is 362 g/mol. The molecule has 0 unspecified atom stereocenters. The number of hydrogen-bond acceptors (Lipinski definition) is 6. The number of aryl methyl sites for hydroxylation is 1. The number of nitrogens with zero attached hydrogens (tertiary/aromatic N) is 5. The average Bonchev–Trinajstić information content (AvgIpc) is 3.43. The van der Waals surface area contributed by atoms with Crippen molar-refractivity contribution in [2.75, 3.05) is 13.6 Å². The van der Waals surface area contributed by atoms with Crippen LogP contribution in [0.15, 0.2) is 41.3 Å². The smallest absolute Gasteiger partial charge is 0.264 e. The minimum absolute atomic E-state index is 0.0184. The van der Waals surface area contributed by atoms with Gasteiger partial charge in [-0.05, 0) is 43.7 Å². The first-order chi connectivity index (χ1) is 13.1. The number of hydrogen-bond donors (Lipinski definition) is 0. The average molecular weight is 385 g/mol. The van der Waals surface area contributed by atoms with Gasteiger partial charge in [0.1, 0.15) is 12.1 Å². The minimum Gasteiger partial charge on any atom is -0.468 e. The number of furan rings is 1. The number of rotatable bonds is 6. The third kappa shape index (κ3) is 3.81. The van der Waals surface area contributed by atoms with Crippen LogP contribution in [0.25, 0.3) is 0 Å². The monoisotopic (exact) mass is 385 g/mol. The van der Waals surface area contributed by atoms with Gasteiger partial charge in [0.05, 0.1) is 24.2 Å². The Balaban J connectivity index is 1.44. The molecule has 142 valence electrons. The van der Waals surface area contributed by atoms with Crippen LogP contribution in [0.1, 0.15) is 45.0 Å². The SMILES string of the molecule is CN(Cc1nncn1C)C(=O)c1ccc([C@@H]2CCCN2Cc2ccco2)s1. The Labute approximate surface area is 162 Å². The molecule has 3 aromatic heterocycles. The zero-order chi connectivity index (χ0) is 18.8. The molecule has 1 saturated heterocycles. The molecule has 0 spiro atoms. The number of likely N-dealkylation sites (tertiary alicyclic amines) is 1. The normalized spacial score (nSPS) is 17.5. The molecule has 1 aliphatic heterocycles. The molecule has 4 heterocycles. The van der Waals surface area contributed by atoms with Crippen molar-refractivity contribution in [2.24, 2.45) is 7.05 Å². The lowest BCUT2D eigenvalue weighted by Crippen LogP contribution is -2.26. The van der Waals surface area contributed by atoms with Gasteiger partial charge in [0.25, 0.3) is 5.91 Å². The van der Waals surface area contributed by atoms with Crippen molar-refractivity contribution >= 4 is 17.2 Å². The Morgan fingerprint density at radius 3 is 3.04 bits per heavy atom. The number of aromatic nitrogens is 3. The van der Waals surface area contributed by atoms with Crippen LogP contribution in [0.2, 0.25) is 0 Å². The maximum atomic E-state index is 12.8. The van der Waals surface area contributed by atoms with E-state index in [9.17, 15) is 4.79 Å². The largest absolute Gasteiger partial charge is 0.468 e. The topological polar surface area (TPSA) is 67.4 Å². The van der Waals surface area contributed by atoms with Gasteiger partial charge in [-0.25, -0.2) is 0 Å². The first-order valence-corrected chi connectivity index (χ1v) is 9.88. The van der Waals surface area contributed by atoms with E-state index >= 15 is 0 Å². The van der Waals surface area contributed by atoms with E-state index in [0.29, 0.717) is 12.6 Å². The lowest BCUT2D eigenvalue weighted by atomic mass is 10.2. The van der Waals surface area contributed by atoms with Gasteiger partial charge in [-0.15, -0.1) is 21.5 Å². The highest BCUT2D eigenvalue weighted by Crippen LogP contribution is 2.37. The third-order valence-corrected chi connectivity index (χ3v) is 6.17. The fourth-order valence-corrected chi connectivity index (χ4v) is 4.68. The highest BCUT2D eigenvalue weighted by atomic mass is 32.1. The summed E-state index contributed by atoms with van der Waals surface area (Å²) in [5, 5.41) is 7.92. The molecule has 0 aliphatic carbocycles. The maximum Gasteiger partial charge on any atom is 0.264 e. The molecular formula is C19H23N5O2S. The van der Waals surface area contributed by atoms with Crippen LogP contribution in [-0.4, -0.2) is 44.1 Å². The molecule has 1 atom stereocenters. The second-order valence-corrected chi connectivity index (χ2v) is 8.04. The van der Waals surface area contributed by atoms with Crippen molar-refractivity contribution in [3.8, 4) is 0 Å². The molecule has 27 heavy (non-hydrogen) atoms.